The van der Waals surface area contributed by atoms with Crippen molar-refractivity contribution >= 4 is 0 Å². The van der Waals surface area contributed by atoms with Crippen molar-refractivity contribution in [3.8, 4) is 0 Å². The fourth-order valence-electron chi connectivity index (χ4n) is 2.66. The molecule has 1 aromatic rings. The Balaban J connectivity index is 2.25. The molecule has 1 aromatic carbocycles. The van der Waals surface area contributed by atoms with Crippen molar-refractivity contribution < 1.29 is 5.11 Å². The first kappa shape index (κ1) is 11.6. The molecule has 16 heavy (non-hydrogen) atoms. The third-order valence-electron chi connectivity index (χ3n) is 3.54. The van der Waals surface area contributed by atoms with Gasteiger partial charge in [-0.05, 0) is 50.9 Å². The van der Waals surface area contributed by atoms with Gasteiger partial charge in [0.05, 0.1) is 12.6 Å². The van der Waals surface area contributed by atoms with Crippen LogP contribution in [-0.4, -0.2) is 29.7 Å². The van der Waals surface area contributed by atoms with E-state index in [-0.39, 0.29) is 12.6 Å². The van der Waals surface area contributed by atoms with Gasteiger partial charge in [-0.15, -0.1) is 0 Å². The Morgan fingerprint density at radius 3 is 2.50 bits per heavy atom. The number of aryl methyl sites for hydroxylation is 2. The van der Waals surface area contributed by atoms with E-state index in [4.69, 9.17) is 0 Å². The molecule has 2 heteroatoms. The number of likely N-dealkylation sites (tertiary alicyclic amines) is 1. The minimum Gasteiger partial charge on any atom is -0.394 e. The van der Waals surface area contributed by atoms with Crippen molar-refractivity contribution in [3.05, 3.63) is 34.9 Å². The van der Waals surface area contributed by atoms with Crippen molar-refractivity contribution in [1.29, 1.82) is 0 Å². The summed E-state index contributed by atoms with van der Waals surface area (Å²) in [5.74, 6) is 0. The summed E-state index contributed by atoms with van der Waals surface area (Å²) in [5, 5.41) is 9.59. The average Bonchev–Trinajstić information content (AvgIpc) is 2.75. The molecule has 1 aliphatic rings. The maximum atomic E-state index is 9.59. The predicted molar refractivity (Wildman–Crippen MR) is 66.5 cm³/mol. The van der Waals surface area contributed by atoms with Crippen molar-refractivity contribution in [2.75, 3.05) is 19.7 Å². The maximum Gasteiger partial charge on any atom is 0.0628 e. The topological polar surface area (TPSA) is 23.5 Å². The Morgan fingerprint density at radius 2 is 1.94 bits per heavy atom. The largest absolute Gasteiger partial charge is 0.394 e. The molecule has 1 atom stereocenters. The highest BCUT2D eigenvalue weighted by Gasteiger charge is 2.23. The molecule has 1 N–H and O–H groups in total. The summed E-state index contributed by atoms with van der Waals surface area (Å²) < 4.78 is 0. The first-order valence-electron chi connectivity index (χ1n) is 6.14. The zero-order chi connectivity index (χ0) is 11.5. The Labute approximate surface area is 97.9 Å². The van der Waals surface area contributed by atoms with E-state index < -0.39 is 0 Å². The lowest BCUT2D eigenvalue weighted by molar-refractivity contribution is 0.146. The average molecular weight is 219 g/mol. The van der Waals surface area contributed by atoms with Crippen molar-refractivity contribution in [2.24, 2.45) is 0 Å². The van der Waals surface area contributed by atoms with Crippen LogP contribution in [0.3, 0.4) is 0 Å². The SMILES string of the molecule is Cc1ccc(C(CO)N2CCCC2)c(C)c1. The maximum absolute atomic E-state index is 9.59. The van der Waals surface area contributed by atoms with Crippen LogP contribution in [0.2, 0.25) is 0 Å². The lowest BCUT2D eigenvalue weighted by atomic mass is 9.99. The summed E-state index contributed by atoms with van der Waals surface area (Å²) in [6.45, 7) is 6.72. The summed E-state index contributed by atoms with van der Waals surface area (Å²) in [5.41, 5.74) is 3.88. The number of hydrogen-bond donors (Lipinski definition) is 1. The van der Waals surface area contributed by atoms with Gasteiger partial charge >= 0.3 is 0 Å². The minimum atomic E-state index is 0.197. The highest BCUT2D eigenvalue weighted by molar-refractivity contribution is 5.33. The van der Waals surface area contributed by atoms with Crippen LogP contribution in [0.4, 0.5) is 0 Å². The van der Waals surface area contributed by atoms with Gasteiger partial charge in [0, 0.05) is 0 Å². The quantitative estimate of drug-likeness (QED) is 0.844. The fraction of sp³-hybridized carbons (Fsp3) is 0.571. The van der Waals surface area contributed by atoms with Crippen LogP contribution in [0, 0.1) is 13.8 Å². The molecule has 0 spiro atoms. The number of hydrogen-bond acceptors (Lipinski definition) is 2. The van der Waals surface area contributed by atoms with Crippen LogP contribution in [0.15, 0.2) is 18.2 Å². The summed E-state index contributed by atoms with van der Waals surface area (Å²) in [4.78, 5) is 2.40. The van der Waals surface area contributed by atoms with E-state index in [1.807, 2.05) is 0 Å². The normalized spacial score (nSPS) is 18.9. The van der Waals surface area contributed by atoms with Crippen LogP contribution >= 0.6 is 0 Å². The molecule has 0 aromatic heterocycles. The smallest absolute Gasteiger partial charge is 0.0628 e. The molecule has 0 radical (unpaired) electrons. The second kappa shape index (κ2) is 4.98. The number of aliphatic hydroxyl groups is 1. The van der Waals surface area contributed by atoms with Crippen LogP contribution < -0.4 is 0 Å². The molecular formula is C14H21NO. The molecule has 1 aliphatic heterocycles. The molecule has 2 nitrogen and oxygen atoms in total. The Kier molecular flexibility index (Phi) is 3.62. The molecule has 0 amide bonds. The van der Waals surface area contributed by atoms with E-state index >= 15 is 0 Å². The highest BCUT2D eigenvalue weighted by atomic mass is 16.3. The van der Waals surface area contributed by atoms with Crippen molar-refractivity contribution in [2.45, 2.75) is 32.7 Å². The van der Waals surface area contributed by atoms with Gasteiger partial charge in [0.2, 0.25) is 0 Å². The molecule has 1 fully saturated rings. The van der Waals surface area contributed by atoms with Crippen LogP contribution in [0.1, 0.15) is 35.6 Å². The van der Waals surface area contributed by atoms with Gasteiger partial charge in [-0.3, -0.25) is 4.90 Å². The lowest BCUT2D eigenvalue weighted by Gasteiger charge is -2.27. The van der Waals surface area contributed by atoms with Gasteiger partial charge in [0.1, 0.15) is 0 Å². The van der Waals surface area contributed by atoms with Gasteiger partial charge < -0.3 is 5.11 Å². The number of aliphatic hydroxyl groups excluding tert-OH is 1. The standard InChI is InChI=1S/C14H21NO/c1-11-5-6-13(12(2)9-11)14(10-16)15-7-3-4-8-15/h5-6,9,14,16H,3-4,7-8,10H2,1-2H3. The van der Waals surface area contributed by atoms with E-state index in [2.05, 4.69) is 36.9 Å². The second-order valence-corrected chi connectivity index (χ2v) is 4.80. The van der Waals surface area contributed by atoms with E-state index in [1.165, 1.54) is 29.5 Å². The number of rotatable bonds is 3. The van der Waals surface area contributed by atoms with Gasteiger partial charge in [-0.2, -0.15) is 0 Å². The third-order valence-corrected chi connectivity index (χ3v) is 3.54. The Hall–Kier alpha value is -0.860. The highest BCUT2D eigenvalue weighted by Crippen LogP contribution is 2.27. The second-order valence-electron chi connectivity index (χ2n) is 4.80. The zero-order valence-corrected chi connectivity index (χ0v) is 10.2. The number of benzene rings is 1. The molecule has 0 aliphatic carbocycles. The van der Waals surface area contributed by atoms with E-state index in [0.29, 0.717) is 0 Å². The molecule has 1 saturated heterocycles. The predicted octanol–water partition coefficient (Wildman–Crippen LogP) is 2.43. The first-order valence-corrected chi connectivity index (χ1v) is 6.14. The minimum absolute atomic E-state index is 0.197. The molecule has 1 heterocycles. The van der Waals surface area contributed by atoms with Crippen LogP contribution in [-0.2, 0) is 0 Å². The summed E-state index contributed by atoms with van der Waals surface area (Å²) in [7, 11) is 0. The van der Waals surface area contributed by atoms with Crippen LogP contribution in [0.5, 0.6) is 0 Å². The van der Waals surface area contributed by atoms with Gasteiger partial charge in [-0.1, -0.05) is 23.8 Å². The number of nitrogens with zero attached hydrogens (tertiary/aromatic N) is 1. The molecule has 1 unspecified atom stereocenters. The summed E-state index contributed by atoms with van der Waals surface area (Å²) >= 11 is 0. The van der Waals surface area contributed by atoms with Gasteiger partial charge in [0.25, 0.3) is 0 Å². The van der Waals surface area contributed by atoms with Crippen LogP contribution in [0.25, 0.3) is 0 Å². The van der Waals surface area contributed by atoms with E-state index in [0.717, 1.165) is 13.1 Å². The van der Waals surface area contributed by atoms with Gasteiger partial charge in [-0.25, -0.2) is 0 Å². The summed E-state index contributed by atoms with van der Waals surface area (Å²) in [6.07, 6.45) is 2.53. The first-order chi connectivity index (χ1) is 7.72. The Bertz CT molecular complexity index is 356. The van der Waals surface area contributed by atoms with Crippen molar-refractivity contribution in [3.63, 3.8) is 0 Å². The van der Waals surface area contributed by atoms with Crippen molar-refractivity contribution in [1.82, 2.24) is 4.90 Å². The molecule has 88 valence electrons. The van der Waals surface area contributed by atoms with E-state index in [9.17, 15) is 5.11 Å². The monoisotopic (exact) mass is 219 g/mol. The molecule has 0 saturated carbocycles. The lowest BCUT2D eigenvalue weighted by Crippen LogP contribution is -2.28. The Morgan fingerprint density at radius 1 is 1.25 bits per heavy atom. The molecule has 0 bridgehead atoms. The third kappa shape index (κ3) is 2.28. The molecule has 2 rings (SSSR count). The summed E-state index contributed by atoms with van der Waals surface area (Å²) in [6, 6.07) is 6.71. The van der Waals surface area contributed by atoms with Gasteiger partial charge in [0.15, 0.2) is 0 Å². The van der Waals surface area contributed by atoms with E-state index in [1.54, 1.807) is 0 Å². The zero-order valence-electron chi connectivity index (χ0n) is 10.2. The fourth-order valence-corrected chi connectivity index (χ4v) is 2.66. The molecular weight excluding hydrogens is 198 g/mol.